The van der Waals surface area contributed by atoms with Gasteiger partial charge < -0.3 is 9.73 Å². The van der Waals surface area contributed by atoms with Gasteiger partial charge >= 0.3 is 0 Å². The Bertz CT molecular complexity index is 561. The lowest BCUT2D eigenvalue weighted by Crippen LogP contribution is -2.00. The average molecular weight is 305 g/mol. The first-order chi connectivity index (χ1) is 8.60. The third-order valence-electron chi connectivity index (χ3n) is 1.93. The largest absolute Gasteiger partial charge is 0.416 e. The van der Waals surface area contributed by atoms with E-state index in [1.165, 1.54) is 11.8 Å². The highest BCUT2D eigenvalue weighted by atomic mass is 35.5. The maximum absolute atomic E-state index is 6.07. The van der Waals surface area contributed by atoms with Crippen LogP contribution in [-0.4, -0.2) is 21.7 Å². The number of pyridine rings is 1. The fourth-order valence-electron chi connectivity index (χ4n) is 1.22. The number of rotatable bonds is 4. The molecule has 0 amide bonds. The zero-order valence-electron chi connectivity index (χ0n) is 9.70. The molecule has 2 aromatic heterocycles. The highest BCUT2D eigenvalue weighted by Gasteiger charge is 2.13. The number of anilines is 1. The number of aromatic nitrogens is 3. The van der Waals surface area contributed by atoms with E-state index in [0.717, 1.165) is 6.54 Å². The van der Waals surface area contributed by atoms with Crippen LogP contribution in [0.25, 0.3) is 0 Å². The van der Waals surface area contributed by atoms with E-state index in [9.17, 15) is 0 Å². The Morgan fingerprint density at radius 3 is 2.72 bits per heavy atom. The maximum Gasteiger partial charge on any atom is 0.282 e. The van der Waals surface area contributed by atoms with Crippen molar-refractivity contribution in [3.63, 3.8) is 0 Å². The molecule has 1 N–H and O–H groups in total. The van der Waals surface area contributed by atoms with Crippen molar-refractivity contribution in [2.75, 3.05) is 11.9 Å². The fraction of sp³-hybridized carbons (Fsp3) is 0.300. The molecule has 0 spiro atoms. The summed E-state index contributed by atoms with van der Waals surface area (Å²) in [5.74, 6) is 1.08. The summed E-state index contributed by atoms with van der Waals surface area (Å²) in [5.41, 5.74) is 0. The molecule has 0 atom stereocenters. The molecule has 0 radical (unpaired) electrons. The second kappa shape index (κ2) is 5.77. The summed E-state index contributed by atoms with van der Waals surface area (Å²) in [6, 6.07) is 1.64. The van der Waals surface area contributed by atoms with Crippen molar-refractivity contribution >= 4 is 40.8 Å². The van der Waals surface area contributed by atoms with Gasteiger partial charge in [-0.25, -0.2) is 4.98 Å². The molecule has 8 heteroatoms. The molecule has 0 aliphatic rings. The first-order valence-corrected chi connectivity index (χ1v) is 6.75. The standard InChI is InChI=1S/C10H10Cl2N4OS/c1-3-13-8-6(11)4-7(12)9(14-8)18-10-16-15-5(2)17-10/h4H,3H2,1-2H3,(H,13,14). The fourth-order valence-corrected chi connectivity index (χ4v) is 2.46. The minimum Gasteiger partial charge on any atom is -0.416 e. The molecule has 0 saturated carbocycles. The van der Waals surface area contributed by atoms with Gasteiger partial charge in [0.05, 0.1) is 10.0 Å². The number of hydrogen-bond donors (Lipinski definition) is 1. The van der Waals surface area contributed by atoms with E-state index >= 15 is 0 Å². The smallest absolute Gasteiger partial charge is 0.282 e. The number of hydrogen-bond acceptors (Lipinski definition) is 6. The quantitative estimate of drug-likeness (QED) is 0.930. The van der Waals surface area contributed by atoms with Crippen LogP contribution in [0, 0.1) is 6.92 Å². The average Bonchev–Trinajstić information content (AvgIpc) is 2.71. The predicted octanol–water partition coefficient (Wildman–Crippen LogP) is 3.66. The normalized spacial score (nSPS) is 10.7. The summed E-state index contributed by atoms with van der Waals surface area (Å²) in [7, 11) is 0. The summed E-state index contributed by atoms with van der Waals surface area (Å²) in [5, 5.41) is 12.6. The first kappa shape index (κ1) is 13.5. The van der Waals surface area contributed by atoms with Gasteiger partial charge in [-0.2, -0.15) is 0 Å². The number of nitrogens with one attached hydrogen (secondary N) is 1. The molecule has 5 nitrogen and oxygen atoms in total. The van der Waals surface area contributed by atoms with Crippen molar-refractivity contribution in [2.45, 2.75) is 24.1 Å². The van der Waals surface area contributed by atoms with E-state index < -0.39 is 0 Å². The molecule has 96 valence electrons. The monoisotopic (exact) mass is 304 g/mol. The topological polar surface area (TPSA) is 63.8 Å². The molecule has 2 rings (SSSR count). The van der Waals surface area contributed by atoms with Gasteiger partial charge in [0.25, 0.3) is 5.22 Å². The van der Waals surface area contributed by atoms with Gasteiger partial charge in [0.1, 0.15) is 10.8 Å². The molecule has 0 aliphatic carbocycles. The van der Waals surface area contributed by atoms with Crippen molar-refractivity contribution in [2.24, 2.45) is 0 Å². The number of aryl methyl sites for hydroxylation is 1. The Hall–Kier alpha value is -0.980. The molecule has 2 aromatic rings. The van der Waals surface area contributed by atoms with Crippen LogP contribution >= 0.6 is 35.0 Å². The molecule has 0 aromatic carbocycles. The zero-order valence-corrected chi connectivity index (χ0v) is 12.0. The van der Waals surface area contributed by atoms with Crippen molar-refractivity contribution in [3.8, 4) is 0 Å². The molecule has 0 saturated heterocycles. The minimum absolute atomic E-state index is 0.395. The second-order valence-corrected chi connectivity index (χ2v) is 5.08. The first-order valence-electron chi connectivity index (χ1n) is 5.18. The van der Waals surface area contributed by atoms with Gasteiger partial charge in [-0.3, -0.25) is 0 Å². The van der Waals surface area contributed by atoms with Crippen molar-refractivity contribution in [1.29, 1.82) is 0 Å². The lowest BCUT2D eigenvalue weighted by molar-refractivity contribution is 0.429. The predicted molar refractivity (Wildman–Crippen MR) is 71.6 cm³/mol. The summed E-state index contributed by atoms with van der Waals surface area (Å²) < 4.78 is 5.26. The third kappa shape index (κ3) is 3.07. The van der Waals surface area contributed by atoms with Crippen LogP contribution in [0.2, 0.25) is 10.0 Å². The summed E-state index contributed by atoms with van der Waals surface area (Å²) in [4.78, 5) is 4.33. The second-order valence-electron chi connectivity index (χ2n) is 3.33. The molecule has 18 heavy (non-hydrogen) atoms. The minimum atomic E-state index is 0.395. The van der Waals surface area contributed by atoms with Gasteiger partial charge in [-0.05, 0) is 24.8 Å². The number of nitrogens with zero attached hydrogens (tertiary/aromatic N) is 3. The Kier molecular flexibility index (Phi) is 4.31. The molecule has 0 bridgehead atoms. The summed E-state index contributed by atoms with van der Waals surface area (Å²) in [6.45, 7) is 4.40. The van der Waals surface area contributed by atoms with Crippen LogP contribution < -0.4 is 5.32 Å². The molecule has 0 unspecified atom stereocenters. The van der Waals surface area contributed by atoms with Gasteiger partial charge in [-0.15, -0.1) is 10.2 Å². The molecular weight excluding hydrogens is 295 g/mol. The van der Waals surface area contributed by atoms with Crippen LogP contribution in [-0.2, 0) is 0 Å². The SMILES string of the molecule is CCNc1nc(Sc2nnc(C)o2)c(Cl)cc1Cl. The molecule has 2 heterocycles. The van der Waals surface area contributed by atoms with Gasteiger partial charge in [0.15, 0.2) is 0 Å². The maximum atomic E-state index is 6.07. The van der Waals surface area contributed by atoms with Gasteiger partial charge in [-0.1, -0.05) is 23.2 Å². The van der Waals surface area contributed by atoms with Crippen LogP contribution in [0.4, 0.5) is 5.82 Å². The van der Waals surface area contributed by atoms with Gasteiger partial charge in [0, 0.05) is 13.5 Å². The van der Waals surface area contributed by atoms with Crippen molar-refractivity contribution < 1.29 is 4.42 Å². The highest BCUT2D eigenvalue weighted by Crippen LogP contribution is 2.35. The Morgan fingerprint density at radius 2 is 2.11 bits per heavy atom. The Morgan fingerprint density at radius 1 is 1.33 bits per heavy atom. The Balaban J connectivity index is 2.29. The van der Waals surface area contributed by atoms with Crippen LogP contribution in [0.1, 0.15) is 12.8 Å². The molecule has 0 fully saturated rings. The van der Waals surface area contributed by atoms with E-state index in [1.807, 2.05) is 6.92 Å². The van der Waals surface area contributed by atoms with Crippen LogP contribution in [0.5, 0.6) is 0 Å². The zero-order chi connectivity index (χ0) is 13.1. The highest BCUT2D eigenvalue weighted by molar-refractivity contribution is 7.99. The van der Waals surface area contributed by atoms with Crippen molar-refractivity contribution in [1.82, 2.24) is 15.2 Å². The van der Waals surface area contributed by atoms with E-state index in [1.54, 1.807) is 13.0 Å². The Labute approximate surface area is 118 Å². The van der Waals surface area contributed by atoms with E-state index in [2.05, 4.69) is 20.5 Å². The lowest BCUT2D eigenvalue weighted by Gasteiger charge is -2.07. The lowest BCUT2D eigenvalue weighted by atomic mass is 10.4. The third-order valence-corrected chi connectivity index (χ3v) is 3.47. The number of halogens is 2. The van der Waals surface area contributed by atoms with E-state index in [-0.39, 0.29) is 0 Å². The summed E-state index contributed by atoms with van der Waals surface area (Å²) >= 11 is 13.3. The van der Waals surface area contributed by atoms with Crippen LogP contribution in [0.15, 0.2) is 20.7 Å². The van der Waals surface area contributed by atoms with E-state index in [0.29, 0.717) is 32.0 Å². The molecule has 0 aliphatic heterocycles. The summed E-state index contributed by atoms with van der Waals surface area (Å²) in [6.07, 6.45) is 0. The van der Waals surface area contributed by atoms with Crippen molar-refractivity contribution in [3.05, 3.63) is 22.0 Å². The van der Waals surface area contributed by atoms with Gasteiger partial charge in [0.2, 0.25) is 5.89 Å². The van der Waals surface area contributed by atoms with E-state index in [4.69, 9.17) is 27.6 Å². The molecular formula is C10H10Cl2N4OS. The van der Waals surface area contributed by atoms with Crippen LogP contribution in [0.3, 0.4) is 0 Å².